The van der Waals surface area contributed by atoms with Crippen molar-refractivity contribution < 1.29 is 0 Å². The van der Waals surface area contributed by atoms with Crippen LogP contribution in [0.5, 0.6) is 0 Å². The van der Waals surface area contributed by atoms with E-state index >= 15 is 0 Å². The molecule has 1 saturated heterocycles. The van der Waals surface area contributed by atoms with Crippen molar-refractivity contribution in [1.29, 1.82) is 0 Å². The average molecular weight is 196 g/mol. The minimum atomic E-state index is 0.707. The summed E-state index contributed by atoms with van der Waals surface area (Å²) in [6.07, 6.45) is 11.4. The molecule has 0 aromatic carbocycles. The molecule has 0 bridgehead atoms. The Labute approximate surface area is 87.8 Å². The molecule has 1 heterocycles. The first-order chi connectivity index (χ1) is 6.92. The van der Waals surface area contributed by atoms with Crippen LogP contribution in [0, 0.1) is 0 Å². The van der Waals surface area contributed by atoms with Crippen molar-refractivity contribution in [2.24, 2.45) is 5.73 Å². The monoisotopic (exact) mass is 196 g/mol. The smallest absolute Gasteiger partial charge is 0.0221 e. The van der Waals surface area contributed by atoms with Crippen LogP contribution in [0.4, 0.5) is 0 Å². The highest BCUT2D eigenvalue weighted by molar-refractivity contribution is 4.86. The van der Waals surface area contributed by atoms with E-state index in [9.17, 15) is 0 Å². The van der Waals surface area contributed by atoms with E-state index in [0.29, 0.717) is 6.04 Å². The van der Waals surface area contributed by atoms with E-state index in [1.807, 2.05) is 0 Å². The highest BCUT2D eigenvalue weighted by Gasteiger charge is 2.29. The maximum absolute atomic E-state index is 5.83. The van der Waals surface area contributed by atoms with E-state index in [0.717, 1.165) is 12.6 Å². The topological polar surface area (TPSA) is 29.3 Å². The van der Waals surface area contributed by atoms with Gasteiger partial charge in [-0.1, -0.05) is 25.7 Å². The lowest BCUT2D eigenvalue weighted by atomic mass is 10.1. The fourth-order valence-corrected chi connectivity index (χ4v) is 3.18. The summed E-state index contributed by atoms with van der Waals surface area (Å²) in [5.74, 6) is 0. The highest BCUT2D eigenvalue weighted by Crippen LogP contribution is 2.27. The Morgan fingerprint density at radius 1 is 0.929 bits per heavy atom. The number of hydrogen-bond donors (Lipinski definition) is 1. The van der Waals surface area contributed by atoms with Gasteiger partial charge < -0.3 is 5.73 Å². The molecule has 14 heavy (non-hydrogen) atoms. The van der Waals surface area contributed by atoms with E-state index in [1.165, 1.54) is 57.9 Å². The molecule has 1 saturated carbocycles. The lowest BCUT2D eigenvalue weighted by molar-refractivity contribution is 0.167. The van der Waals surface area contributed by atoms with Crippen molar-refractivity contribution in [1.82, 2.24) is 4.90 Å². The Balaban J connectivity index is 1.91. The van der Waals surface area contributed by atoms with Gasteiger partial charge in [-0.15, -0.1) is 0 Å². The fourth-order valence-electron chi connectivity index (χ4n) is 3.18. The summed E-state index contributed by atoms with van der Waals surface area (Å²) < 4.78 is 0. The number of likely N-dealkylation sites (tertiary alicyclic amines) is 1. The second-order valence-electron chi connectivity index (χ2n) is 4.91. The van der Waals surface area contributed by atoms with E-state index in [4.69, 9.17) is 5.73 Å². The Bertz CT molecular complexity index is 162. The predicted molar refractivity (Wildman–Crippen MR) is 60.3 cm³/mol. The Morgan fingerprint density at radius 3 is 2.29 bits per heavy atom. The lowest BCUT2D eigenvalue weighted by Crippen LogP contribution is -2.42. The molecule has 1 aliphatic carbocycles. The van der Waals surface area contributed by atoms with Gasteiger partial charge in [0.1, 0.15) is 0 Å². The SMILES string of the molecule is NC[C@@H]1CCCN1C1CCCCCC1. The van der Waals surface area contributed by atoms with Gasteiger partial charge in [-0.05, 0) is 32.2 Å². The summed E-state index contributed by atoms with van der Waals surface area (Å²) in [4.78, 5) is 2.71. The molecule has 0 unspecified atom stereocenters. The predicted octanol–water partition coefficient (Wildman–Crippen LogP) is 2.13. The molecular formula is C12H24N2. The molecule has 2 nitrogen and oxygen atoms in total. The van der Waals surface area contributed by atoms with Crippen LogP contribution in [0.2, 0.25) is 0 Å². The zero-order chi connectivity index (χ0) is 9.80. The van der Waals surface area contributed by atoms with Crippen LogP contribution in [-0.2, 0) is 0 Å². The molecular weight excluding hydrogens is 172 g/mol. The molecule has 0 aromatic rings. The average Bonchev–Trinajstić information content (AvgIpc) is 2.52. The van der Waals surface area contributed by atoms with E-state index < -0.39 is 0 Å². The highest BCUT2D eigenvalue weighted by atomic mass is 15.2. The lowest BCUT2D eigenvalue weighted by Gasteiger charge is -2.31. The summed E-state index contributed by atoms with van der Waals surface area (Å²) in [7, 11) is 0. The van der Waals surface area contributed by atoms with Gasteiger partial charge in [-0.25, -0.2) is 0 Å². The van der Waals surface area contributed by atoms with Crippen LogP contribution >= 0.6 is 0 Å². The van der Waals surface area contributed by atoms with E-state index in [1.54, 1.807) is 0 Å². The van der Waals surface area contributed by atoms with Crippen molar-refractivity contribution in [3.05, 3.63) is 0 Å². The maximum atomic E-state index is 5.83. The van der Waals surface area contributed by atoms with Crippen LogP contribution in [0.1, 0.15) is 51.4 Å². The number of nitrogens with zero attached hydrogens (tertiary/aromatic N) is 1. The van der Waals surface area contributed by atoms with Gasteiger partial charge in [0.15, 0.2) is 0 Å². The summed E-state index contributed by atoms with van der Waals surface area (Å²) in [6.45, 7) is 2.18. The first-order valence-corrected chi connectivity index (χ1v) is 6.37. The standard InChI is InChI=1S/C12H24N2/c13-10-12-8-5-9-14(12)11-6-3-1-2-4-7-11/h11-12H,1-10,13H2/t12-/m0/s1. The molecule has 1 aliphatic heterocycles. The second kappa shape index (κ2) is 5.13. The molecule has 0 spiro atoms. The first-order valence-electron chi connectivity index (χ1n) is 6.37. The van der Waals surface area contributed by atoms with E-state index in [2.05, 4.69) is 4.90 Å². The fraction of sp³-hybridized carbons (Fsp3) is 1.00. The number of rotatable bonds is 2. The summed E-state index contributed by atoms with van der Waals surface area (Å²) in [5.41, 5.74) is 5.83. The summed E-state index contributed by atoms with van der Waals surface area (Å²) >= 11 is 0. The molecule has 2 fully saturated rings. The molecule has 1 atom stereocenters. The quantitative estimate of drug-likeness (QED) is 0.686. The van der Waals surface area contributed by atoms with Crippen molar-refractivity contribution in [3.63, 3.8) is 0 Å². The summed E-state index contributed by atoms with van der Waals surface area (Å²) in [5, 5.41) is 0. The zero-order valence-electron chi connectivity index (χ0n) is 9.25. The van der Waals surface area contributed by atoms with Crippen LogP contribution < -0.4 is 5.73 Å². The Morgan fingerprint density at radius 2 is 1.64 bits per heavy atom. The normalized spacial score (nSPS) is 31.9. The van der Waals surface area contributed by atoms with Crippen molar-refractivity contribution in [2.75, 3.05) is 13.1 Å². The third-order valence-corrected chi connectivity index (χ3v) is 3.99. The maximum Gasteiger partial charge on any atom is 0.0221 e. The molecule has 82 valence electrons. The third-order valence-electron chi connectivity index (χ3n) is 3.99. The van der Waals surface area contributed by atoms with Gasteiger partial charge in [0, 0.05) is 18.6 Å². The van der Waals surface area contributed by atoms with Crippen LogP contribution in [0.3, 0.4) is 0 Å². The third kappa shape index (κ3) is 2.29. The van der Waals surface area contributed by atoms with Gasteiger partial charge in [0.2, 0.25) is 0 Å². The van der Waals surface area contributed by atoms with Crippen molar-refractivity contribution in [2.45, 2.75) is 63.5 Å². The number of hydrogen-bond acceptors (Lipinski definition) is 2. The Hall–Kier alpha value is -0.0800. The van der Waals surface area contributed by atoms with Gasteiger partial charge in [-0.3, -0.25) is 4.90 Å². The van der Waals surface area contributed by atoms with Crippen LogP contribution in [-0.4, -0.2) is 30.1 Å². The molecule has 2 aliphatic rings. The van der Waals surface area contributed by atoms with Crippen molar-refractivity contribution >= 4 is 0 Å². The molecule has 0 aromatic heterocycles. The molecule has 2 rings (SSSR count). The minimum Gasteiger partial charge on any atom is -0.329 e. The second-order valence-corrected chi connectivity index (χ2v) is 4.91. The Kier molecular flexibility index (Phi) is 3.82. The molecule has 2 heteroatoms. The molecule has 0 radical (unpaired) electrons. The molecule has 0 amide bonds. The van der Waals surface area contributed by atoms with Crippen molar-refractivity contribution in [3.8, 4) is 0 Å². The zero-order valence-corrected chi connectivity index (χ0v) is 9.25. The van der Waals surface area contributed by atoms with Crippen LogP contribution in [0.15, 0.2) is 0 Å². The largest absolute Gasteiger partial charge is 0.329 e. The minimum absolute atomic E-state index is 0.707. The molecule has 2 N–H and O–H groups in total. The van der Waals surface area contributed by atoms with E-state index in [-0.39, 0.29) is 0 Å². The van der Waals surface area contributed by atoms with Crippen LogP contribution in [0.25, 0.3) is 0 Å². The van der Waals surface area contributed by atoms with Gasteiger partial charge >= 0.3 is 0 Å². The number of nitrogens with two attached hydrogens (primary N) is 1. The summed E-state index contributed by atoms with van der Waals surface area (Å²) in [6, 6.07) is 1.58. The van der Waals surface area contributed by atoms with Gasteiger partial charge in [0.05, 0.1) is 0 Å². The van der Waals surface area contributed by atoms with Gasteiger partial charge in [-0.2, -0.15) is 0 Å². The first kappa shape index (κ1) is 10.4. The van der Waals surface area contributed by atoms with Gasteiger partial charge in [0.25, 0.3) is 0 Å².